The van der Waals surface area contributed by atoms with Gasteiger partial charge in [0.25, 0.3) is 0 Å². The summed E-state index contributed by atoms with van der Waals surface area (Å²) in [7, 11) is 0. The number of allylic oxidation sites excluding steroid dienone is 2. The molecule has 0 bridgehead atoms. The Morgan fingerprint density at radius 1 is 1.23 bits per heavy atom. The summed E-state index contributed by atoms with van der Waals surface area (Å²) in [6, 6.07) is 6.91. The maximum absolute atomic E-state index is 13.2. The quantitative estimate of drug-likeness (QED) is 0.414. The van der Waals surface area contributed by atoms with Crippen molar-refractivity contribution in [1.29, 1.82) is 0 Å². The van der Waals surface area contributed by atoms with Gasteiger partial charge < -0.3 is 9.47 Å². The molecule has 6 nitrogen and oxygen atoms in total. The van der Waals surface area contributed by atoms with Crippen molar-refractivity contribution in [2.75, 3.05) is 6.61 Å². The predicted molar refractivity (Wildman–Crippen MR) is 113 cm³/mol. The molecule has 1 aliphatic heterocycles. The Morgan fingerprint density at radius 2 is 1.90 bits per heavy atom. The summed E-state index contributed by atoms with van der Waals surface area (Å²) in [6.07, 6.45) is 2.58. The Balaban J connectivity index is 2.09. The lowest BCUT2D eigenvalue weighted by atomic mass is 9.67. The van der Waals surface area contributed by atoms with Crippen molar-refractivity contribution in [3.05, 3.63) is 53.8 Å². The van der Waals surface area contributed by atoms with E-state index in [-0.39, 0.29) is 17.8 Å². The highest BCUT2D eigenvalue weighted by Crippen LogP contribution is 2.48. The number of ether oxygens (including phenoxy) is 2. The van der Waals surface area contributed by atoms with Gasteiger partial charge in [-0.05, 0) is 36.5 Å². The highest BCUT2D eigenvalue weighted by Gasteiger charge is 2.45. The maximum atomic E-state index is 13.2. The third-order valence-electron chi connectivity index (χ3n) is 5.40. The molecule has 0 saturated heterocycles. The Morgan fingerprint density at radius 3 is 2.50 bits per heavy atom. The molecule has 3 rings (SSSR count). The van der Waals surface area contributed by atoms with Crippen LogP contribution in [-0.4, -0.2) is 30.0 Å². The Bertz CT molecular complexity index is 952. The van der Waals surface area contributed by atoms with Crippen molar-refractivity contribution in [3.63, 3.8) is 0 Å². The molecule has 1 heterocycles. The highest BCUT2D eigenvalue weighted by atomic mass is 16.5. The topological polar surface area (TPSA) is 82.0 Å². The van der Waals surface area contributed by atoms with Crippen LogP contribution >= 0.6 is 0 Å². The third kappa shape index (κ3) is 4.42. The number of rotatable bonds is 5. The van der Waals surface area contributed by atoms with Crippen LogP contribution in [0, 0.1) is 11.3 Å². The highest BCUT2D eigenvalue weighted by molar-refractivity contribution is 6.09. The van der Waals surface area contributed by atoms with Crippen molar-refractivity contribution < 1.29 is 23.9 Å². The first-order chi connectivity index (χ1) is 14.1. The van der Waals surface area contributed by atoms with Gasteiger partial charge in [-0.15, -0.1) is 0 Å². The molecule has 1 aliphatic carbocycles. The van der Waals surface area contributed by atoms with Gasteiger partial charge in [-0.25, -0.2) is 0 Å². The van der Waals surface area contributed by atoms with Gasteiger partial charge in [0.2, 0.25) is 0 Å². The summed E-state index contributed by atoms with van der Waals surface area (Å²) in [4.78, 5) is 42.0. The van der Waals surface area contributed by atoms with E-state index in [0.29, 0.717) is 29.9 Å². The van der Waals surface area contributed by atoms with Crippen LogP contribution in [-0.2, 0) is 19.1 Å². The lowest BCUT2D eigenvalue weighted by Crippen LogP contribution is -2.39. The fraction of sp³-hybridized carbons (Fsp3) is 0.417. The van der Waals surface area contributed by atoms with E-state index in [1.165, 1.54) is 13.0 Å². The molecule has 1 aromatic carbocycles. The van der Waals surface area contributed by atoms with Crippen LogP contribution in [0.15, 0.2) is 53.2 Å². The van der Waals surface area contributed by atoms with Crippen molar-refractivity contribution in [3.8, 4) is 5.75 Å². The predicted octanol–water partition coefficient (Wildman–Crippen LogP) is 4.16. The molecule has 2 aliphatic rings. The lowest BCUT2D eigenvalue weighted by molar-refractivity contribution is -0.145. The zero-order valence-corrected chi connectivity index (χ0v) is 17.9. The number of aliphatic imine (C=N–C) groups is 1. The van der Waals surface area contributed by atoms with Crippen molar-refractivity contribution in [1.82, 2.24) is 0 Å². The van der Waals surface area contributed by atoms with E-state index in [1.54, 1.807) is 31.2 Å². The fourth-order valence-corrected chi connectivity index (χ4v) is 4.25. The molecule has 0 radical (unpaired) electrons. The third-order valence-corrected chi connectivity index (χ3v) is 5.40. The SMILES string of the molecule is C=CCOC(=O)C1C(C)=NC2=C(C(=O)CC(C)(C)C2)[C@H]1c1ccc(OC(C)=O)cc1. The number of Topliss-reactive ketones (excluding diaryl/α,β-unsaturated/α-hetero) is 1. The second kappa shape index (κ2) is 8.38. The molecular formula is C24H27NO5. The van der Waals surface area contributed by atoms with Crippen molar-refractivity contribution in [2.45, 2.75) is 46.5 Å². The standard InChI is InChI=1S/C24H27NO5/c1-6-11-29-23(28)20-14(2)25-18-12-24(4,5)13-19(27)22(18)21(20)16-7-9-17(10-8-16)30-15(3)26/h6-10,20-21H,1,11-13H2,2-5H3/t20?,21-/m0/s1. The minimum atomic E-state index is -0.701. The molecule has 0 spiro atoms. The minimum absolute atomic E-state index is 0.00748. The molecule has 158 valence electrons. The van der Waals surface area contributed by atoms with Gasteiger partial charge in [-0.1, -0.05) is 38.6 Å². The second-order valence-electron chi connectivity index (χ2n) is 8.59. The molecule has 6 heteroatoms. The van der Waals surface area contributed by atoms with Gasteiger partial charge >= 0.3 is 11.9 Å². The van der Waals surface area contributed by atoms with Gasteiger partial charge in [0, 0.05) is 36.2 Å². The molecular weight excluding hydrogens is 382 g/mol. The van der Waals surface area contributed by atoms with E-state index in [4.69, 9.17) is 9.47 Å². The zero-order valence-electron chi connectivity index (χ0n) is 17.9. The molecule has 0 saturated carbocycles. The van der Waals surface area contributed by atoms with Crippen LogP contribution in [0.5, 0.6) is 5.75 Å². The van der Waals surface area contributed by atoms with Crippen LogP contribution in [0.2, 0.25) is 0 Å². The minimum Gasteiger partial charge on any atom is -0.461 e. The van der Waals surface area contributed by atoms with Crippen molar-refractivity contribution in [2.24, 2.45) is 16.3 Å². The van der Waals surface area contributed by atoms with Crippen molar-refractivity contribution >= 4 is 23.4 Å². The summed E-state index contributed by atoms with van der Waals surface area (Å²) in [5.41, 5.74) is 2.56. The molecule has 0 aromatic heterocycles. The maximum Gasteiger partial charge on any atom is 0.315 e. The van der Waals surface area contributed by atoms with Gasteiger partial charge in [0.05, 0.1) is 0 Å². The number of benzene rings is 1. The first-order valence-electron chi connectivity index (χ1n) is 10.0. The average Bonchev–Trinajstić information content (AvgIpc) is 2.64. The summed E-state index contributed by atoms with van der Waals surface area (Å²) in [6.45, 7) is 10.9. The average molecular weight is 409 g/mol. The number of carbonyl (C=O) groups is 3. The van der Waals surface area contributed by atoms with Crippen LogP contribution < -0.4 is 4.74 Å². The second-order valence-corrected chi connectivity index (χ2v) is 8.59. The summed E-state index contributed by atoms with van der Waals surface area (Å²) in [5, 5.41) is 0. The Hall–Kier alpha value is -3.02. The van der Waals surface area contributed by atoms with Crippen LogP contribution in [0.25, 0.3) is 0 Å². The van der Waals surface area contributed by atoms with Gasteiger partial charge in [-0.3, -0.25) is 19.4 Å². The smallest absolute Gasteiger partial charge is 0.315 e. The van der Waals surface area contributed by atoms with Gasteiger partial charge in [0.15, 0.2) is 5.78 Å². The molecule has 1 unspecified atom stereocenters. The number of hydrogen-bond acceptors (Lipinski definition) is 6. The number of hydrogen-bond donors (Lipinski definition) is 0. The lowest BCUT2D eigenvalue weighted by Gasteiger charge is -2.39. The van der Waals surface area contributed by atoms with Gasteiger partial charge in [-0.2, -0.15) is 0 Å². The largest absolute Gasteiger partial charge is 0.461 e. The number of ketones is 1. The van der Waals surface area contributed by atoms with Crippen LogP contribution in [0.4, 0.5) is 0 Å². The molecule has 0 fully saturated rings. The molecule has 30 heavy (non-hydrogen) atoms. The molecule has 1 aromatic rings. The van der Waals surface area contributed by atoms with E-state index >= 15 is 0 Å². The van der Waals surface area contributed by atoms with E-state index in [9.17, 15) is 14.4 Å². The number of nitrogens with zero attached hydrogens (tertiary/aromatic N) is 1. The monoisotopic (exact) mass is 409 g/mol. The first kappa shape index (κ1) is 21.7. The zero-order chi connectivity index (χ0) is 22.1. The Labute approximate surface area is 176 Å². The molecule has 0 N–H and O–H groups in total. The van der Waals surface area contributed by atoms with Gasteiger partial charge in [0.1, 0.15) is 18.3 Å². The summed E-state index contributed by atoms with van der Waals surface area (Å²) < 4.78 is 10.5. The normalized spacial score (nSPS) is 22.7. The van der Waals surface area contributed by atoms with Crippen LogP contribution in [0.1, 0.15) is 52.0 Å². The first-order valence-corrected chi connectivity index (χ1v) is 10.0. The van der Waals surface area contributed by atoms with E-state index in [0.717, 1.165) is 11.3 Å². The Kier molecular flexibility index (Phi) is 6.06. The summed E-state index contributed by atoms with van der Waals surface area (Å²) in [5.74, 6) is -1.63. The van der Waals surface area contributed by atoms with Crippen LogP contribution in [0.3, 0.4) is 0 Å². The van der Waals surface area contributed by atoms with E-state index in [1.807, 2.05) is 13.8 Å². The number of esters is 2. The fourth-order valence-electron chi connectivity index (χ4n) is 4.25. The summed E-state index contributed by atoms with van der Waals surface area (Å²) >= 11 is 0. The van der Waals surface area contributed by atoms with E-state index in [2.05, 4.69) is 11.6 Å². The molecule has 2 atom stereocenters. The molecule has 0 amide bonds. The van der Waals surface area contributed by atoms with E-state index < -0.39 is 23.8 Å². The number of carbonyl (C=O) groups excluding carboxylic acids is 3.